The van der Waals surface area contributed by atoms with Crippen molar-refractivity contribution in [3.63, 3.8) is 0 Å². The Labute approximate surface area is 123 Å². The number of rotatable bonds is 0. The smallest absolute Gasteiger partial charge is 0.741 e. The van der Waals surface area contributed by atoms with E-state index in [1.165, 1.54) is 0 Å². The molecular weight excluding hydrogens is 530 g/mol. The molecule has 0 unspecified atom stereocenters. The zero-order valence-electron chi connectivity index (χ0n) is 7.03. The van der Waals surface area contributed by atoms with E-state index >= 15 is 0 Å². The topological polar surface area (TPSA) is 114 Å². The van der Waals surface area contributed by atoms with Gasteiger partial charge in [-0.15, -0.1) is 0 Å². The van der Waals surface area contributed by atoms with Crippen LogP contribution in [-0.2, 0) is 20.2 Å². The van der Waals surface area contributed by atoms with Gasteiger partial charge in [0.15, 0.2) is 20.2 Å². The Morgan fingerprint density at radius 1 is 0.647 bits per heavy atom. The summed E-state index contributed by atoms with van der Waals surface area (Å²) in [4.78, 5) is 0. The van der Waals surface area contributed by atoms with E-state index in [4.69, 9.17) is 25.9 Å². The third-order valence-corrected chi connectivity index (χ3v) is 1.70. The Morgan fingerprint density at radius 2 is 0.706 bits per heavy atom. The Bertz CT molecular complexity index is 374. The molecule has 0 aliphatic carbocycles. The minimum absolute atomic E-state index is 0. The number of alkyl halides is 6. The fourth-order valence-corrected chi connectivity index (χ4v) is 0. The van der Waals surface area contributed by atoms with Gasteiger partial charge in [-0.25, -0.2) is 16.8 Å². The Hall–Kier alpha value is 0.725. The van der Waals surface area contributed by atoms with Crippen LogP contribution in [0.25, 0.3) is 0 Å². The molecule has 0 rings (SSSR count). The standard InChI is InChI=1S/2CHF3O3S.Th/c2*2-1(3,4)8(5,6)7;/h2*(H,5,6,7);/q;;+2/p-2. The minimum Gasteiger partial charge on any atom is -0.741 e. The van der Waals surface area contributed by atoms with Crippen molar-refractivity contribution in [2.75, 3.05) is 0 Å². The van der Waals surface area contributed by atoms with Gasteiger partial charge < -0.3 is 9.11 Å². The summed E-state index contributed by atoms with van der Waals surface area (Å²) in [6.07, 6.45) is 0. The third-order valence-electron chi connectivity index (χ3n) is 0.567. The van der Waals surface area contributed by atoms with Crippen LogP contribution in [0.2, 0.25) is 0 Å². The summed E-state index contributed by atoms with van der Waals surface area (Å²) in [6, 6.07) is 0. The van der Waals surface area contributed by atoms with Crippen LogP contribution >= 0.6 is 0 Å². The van der Waals surface area contributed by atoms with Crippen LogP contribution in [0.15, 0.2) is 0 Å². The van der Waals surface area contributed by atoms with Crippen molar-refractivity contribution in [1.82, 2.24) is 0 Å². The van der Waals surface area contributed by atoms with E-state index in [2.05, 4.69) is 0 Å². The SMILES string of the molecule is O=S(=O)([O-])C(F)(F)F.O=S(=O)([O-])C(F)(F)F.[Th+2]. The van der Waals surface area contributed by atoms with Crippen molar-refractivity contribution in [2.24, 2.45) is 0 Å². The fraction of sp³-hybridized carbons (Fsp3) is 1.00. The first-order valence-corrected chi connectivity index (χ1v) is 5.36. The molecular formula is C2F6O6S2Th. The first kappa shape index (κ1) is 22.9. The number of hydrogen-bond acceptors (Lipinski definition) is 6. The first-order chi connectivity index (χ1) is 6.50. The van der Waals surface area contributed by atoms with Crippen molar-refractivity contribution in [3.8, 4) is 0 Å². The van der Waals surface area contributed by atoms with Gasteiger partial charge in [-0.05, 0) is 0 Å². The molecule has 0 aromatic carbocycles. The molecule has 0 N–H and O–H groups in total. The van der Waals surface area contributed by atoms with Gasteiger partial charge in [0, 0.05) is 0 Å². The fourth-order valence-electron chi connectivity index (χ4n) is 0. The van der Waals surface area contributed by atoms with Gasteiger partial charge in [0.25, 0.3) is 0 Å². The zero-order chi connectivity index (χ0) is 14.0. The Kier molecular flexibility index (Phi) is 9.10. The van der Waals surface area contributed by atoms with E-state index in [0.29, 0.717) is 0 Å². The Morgan fingerprint density at radius 3 is 0.706 bits per heavy atom. The van der Waals surface area contributed by atoms with E-state index in [-0.39, 0.29) is 39.9 Å². The summed E-state index contributed by atoms with van der Waals surface area (Å²) in [5, 5.41) is 0. The summed E-state index contributed by atoms with van der Waals surface area (Å²) < 4.78 is 118. The molecule has 0 aromatic heterocycles. The van der Waals surface area contributed by atoms with Gasteiger partial charge in [0.05, 0.1) is 0 Å². The van der Waals surface area contributed by atoms with E-state index < -0.39 is 31.3 Å². The van der Waals surface area contributed by atoms with Crippen LogP contribution in [-0.4, -0.2) is 37.0 Å². The van der Waals surface area contributed by atoms with Gasteiger partial charge in [0.2, 0.25) is 0 Å². The van der Waals surface area contributed by atoms with Crippen LogP contribution in [0.5, 0.6) is 0 Å². The van der Waals surface area contributed by atoms with Crippen molar-refractivity contribution in [3.05, 3.63) is 0 Å². The monoisotopic (exact) mass is 530 g/mol. The number of halogens is 6. The molecule has 102 valence electrons. The van der Waals surface area contributed by atoms with Gasteiger partial charge in [-0.1, -0.05) is 0 Å². The van der Waals surface area contributed by atoms with Crippen LogP contribution in [0, 0.1) is 39.9 Å². The number of hydrogen-bond donors (Lipinski definition) is 0. The average molecular weight is 530 g/mol. The van der Waals surface area contributed by atoms with Crippen molar-refractivity contribution >= 4 is 20.2 Å². The zero-order valence-corrected chi connectivity index (χ0v) is 12.8. The normalized spacial score (nSPS) is 13.2. The molecule has 0 aromatic rings. The van der Waals surface area contributed by atoms with Crippen LogP contribution in [0.1, 0.15) is 0 Å². The third kappa shape index (κ3) is 10.3. The molecule has 6 nitrogen and oxygen atoms in total. The molecule has 17 heavy (non-hydrogen) atoms. The Balaban J connectivity index is -0.000000218. The minimum atomic E-state index is -6.09. The van der Waals surface area contributed by atoms with Gasteiger partial charge in [-0.3, -0.25) is 0 Å². The van der Waals surface area contributed by atoms with E-state index in [1.807, 2.05) is 0 Å². The second-order valence-corrected chi connectivity index (χ2v) is 4.54. The summed E-state index contributed by atoms with van der Waals surface area (Å²) in [7, 11) is -12.2. The maximum Gasteiger partial charge on any atom is 2.00 e. The maximum absolute atomic E-state index is 10.7. The van der Waals surface area contributed by atoms with Gasteiger partial charge >= 0.3 is 51.0 Å². The molecule has 0 atom stereocenters. The molecule has 0 fully saturated rings. The average Bonchev–Trinajstić information content (AvgIpc) is 1.77. The van der Waals surface area contributed by atoms with Crippen molar-refractivity contribution < 1.29 is 92.2 Å². The molecule has 0 aliphatic rings. The quantitative estimate of drug-likeness (QED) is 0.250. The molecule has 0 saturated heterocycles. The van der Waals surface area contributed by atoms with Gasteiger partial charge in [0.1, 0.15) is 0 Å². The summed E-state index contributed by atoms with van der Waals surface area (Å²) >= 11 is 0. The van der Waals surface area contributed by atoms with Crippen LogP contribution in [0.4, 0.5) is 26.3 Å². The summed E-state index contributed by atoms with van der Waals surface area (Å²) in [5.41, 5.74) is -11.3. The van der Waals surface area contributed by atoms with Crippen molar-refractivity contribution in [2.45, 2.75) is 11.0 Å². The predicted octanol–water partition coefficient (Wildman–Crippen LogP) is 0.103. The molecule has 0 heterocycles. The predicted molar refractivity (Wildman–Crippen MR) is 31.5 cm³/mol. The maximum atomic E-state index is 10.7. The molecule has 0 saturated carbocycles. The molecule has 0 spiro atoms. The van der Waals surface area contributed by atoms with Crippen LogP contribution in [0.3, 0.4) is 0 Å². The largest absolute Gasteiger partial charge is 2.00 e. The summed E-state index contributed by atoms with van der Waals surface area (Å²) in [6.45, 7) is 0. The first-order valence-electron chi connectivity index (χ1n) is 2.54. The van der Waals surface area contributed by atoms with E-state index in [9.17, 15) is 26.3 Å². The molecule has 0 radical (unpaired) electrons. The second kappa shape index (κ2) is 6.76. The van der Waals surface area contributed by atoms with Crippen LogP contribution < -0.4 is 0 Å². The van der Waals surface area contributed by atoms with E-state index in [1.54, 1.807) is 0 Å². The van der Waals surface area contributed by atoms with Gasteiger partial charge in [-0.2, -0.15) is 26.3 Å². The molecule has 15 heteroatoms. The molecule has 0 amide bonds. The second-order valence-electron chi connectivity index (χ2n) is 1.80. The summed E-state index contributed by atoms with van der Waals surface area (Å²) in [5.74, 6) is 0. The molecule has 0 aliphatic heterocycles. The van der Waals surface area contributed by atoms with E-state index in [0.717, 1.165) is 0 Å². The molecule has 0 bridgehead atoms. The van der Waals surface area contributed by atoms with Crippen molar-refractivity contribution in [1.29, 1.82) is 0 Å².